The van der Waals surface area contributed by atoms with Gasteiger partial charge < -0.3 is 0 Å². The molecule has 0 N–H and O–H groups in total. The molecule has 0 aromatic heterocycles. The first-order chi connectivity index (χ1) is 9.45. The molecule has 0 heterocycles. The third kappa shape index (κ3) is 7.29. The molecule has 3 heteroatoms. The van der Waals surface area contributed by atoms with Crippen molar-refractivity contribution in [2.24, 2.45) is 0 Å². The molecule has 2 aliphatic rings. The van der Waals surface area contributed by atoms with Gasteiger partial charge in [0, 0.05) is 35.1 Å². The van der Waals surface area contributed by atoms with Crippen LogP contribution in [0.3, 0.4) is 0 Å². The molecule has 0 saturated heterocycles. The van der Waals surface area contributed by atoms with Crippen LogP contribution in [0.25, 0.3) is 0 Å². The van der Waals surface area contributed by atoms with Gasteiger partial charge >= 0.3 is 0 Å². The van der Waals surface area contributed by atoms with E-state index < -0.39 is 0 Å². The highest BCUT2D eigenvalue weighted by Gasteiger charge is 2.14. The van der Waals surface area contributed by atoms with Crippen molar-refractivity contribution in [2.75, 3.05) is 24.6 Å². The summed E-state index contributed by atoms with van der Waals surface area (Å²) in [6.45, 7) is 2.18. The summed E-state index contributed by atoms with van der Waals surface area (Å²) >= 11 is 4.37. The van der Waals surface area contributed by atoms with E-state index in [1.54, 1.807) is 0 Å². The minimum absolute atomic E-state index is 0.959. The Hall–Kier alpha value is 0.660. The van der Waals surface area contributed by atoms with E-state index >= 15 is 0 Å². The topological polar surface area (TPSA) is 14.1 Å². The molecule has 19 heavy (non-hydrogen) atoms. The minimum Gasteiger partial charge on any atom is -0.240 e. The lowest BCUT2D eigenvalue weighted by Crippen LogP contribution is -2.17. The van der Waals surface area contributed by atoms with Crippen molar-refractivity contribution in [1.82, 2.24) is 5.32 Å². The van der Waals surface area contributed by atoms with Crippen LogP contribution in [0, 0.1) is 0 Å². The number of hydrogen-bond acceptors (Lipinski definition) is 2. The van der Waals surface area contributed by atoms with Crippen LogP contribution in [0.2, 0.25) is 0 Å². The number of thioether (sulfide) groups is 2. The van der Waals surface area contributed by atoms with Crippen LogP contribution in [0.5, 0.6) is 0 Å². The minimum atomic E-state index is 0.959. The molecule has 0 atom stereocenters. The molecule has 111 valence electrons. The molecule has 0 aromatic rings. The van der Waals surface area contributed by atoms with Crippen molar-refractivity contribution < 1.29 is 0 Å². The highest BCUT2D eigenvalue weighted by atomic mass is 32.2. The molecule has 0 aromatic carbocycles. The van der Waals surface area contributed by atoms with E-state index in [2.05, 4.69) is 23.5 Å². The summed E-state index contributed by atoms with van der Waals surface area (Å²) in [6.07, 6.45) is 14.6. The molecule has 1 nitrogen and oxygen atoms in total. The molecule has 0 bridgehead atoms. The normalized spacial score (nSPS) is 22.7. The predicted octanol–water partition coefficient (Wildman–Crippen LogP) is 4.72. The van der Waals surface area contributed by atoms with Gasteiger partial charge in [-0.25, -0.2) is 5.32 Å². The average molecular weight is 301 g/mol. The number of hydrogen-bond donors (Lipinski definition) is 0. The molecule has 0 spiro atoms. The van der Waals surface area contributed by atoms with Crippen LogP contribution in [0.1, 0.15) is 64.2 Å². The van der Waals surface area contributed by atoms with Crippen molar-refractivity contribution in [3.05, 3.63) is 0 Å². The Kier molecular flexibility index (Phi) is 8.78. The standard InChI is InChI=1S/C16H30NS2/c1-3-7-15(8-4-1)18-13-11-17-12-14-19-16-9-5-2-6-10-16/h15-16H,1-14H2. The summed E-state index contributed by atoms with van der Waals surface area (Å²) in [5.74, 6) is 2.53. The van der Waals surface area contributed by atoms with Gasteiger partial charge in [0.25, 0.3) is 0 Å². The van der Waals surface area contributed by atoms with Crippen LogP contribution in [0.15, 0.2) is 0 Å². The first kappa shape index (κ1) is 16.0. The van der Waals surface area contributed by atoms with Crippen LogP contribution in [-0.4, -0.2) is 35.1 Å². The molecule has 0 aliphatic heterocycles. The van der Waals surface area contributed by atoms with Crippen molar-refractivity contribution in [2.45, 2.75) is 74.7 Å². The summed E-state index contributed by atoms with van der Waals surface area (Å²) in [6, 6.07) is 0. The zero-order valence-electron chi connectivity index (χ0n) is 12.3. The Morgan fingerprint density at radius 2 is 1.05 bits per heavy atom. The maximum atomic E-state index is 4.70. The Bertz CT molecular complexity index is 189. The second-order valence-electron chi connectivity index (χ2n) is 5.93. The zero-order valence-corrected chi connectivity index (χ0v) is 14.0. The van der Waals surface area contributed by atoms with Gasteiger partial charge in [0.2, 0.25) is 0 Å². The average Bonchev–Trinajstić information content (AvgIpc) is 2.48. The monoisotopic (exact) mass is 300 g/mol. The lowest BCUT2D eigenvalue weighted by molar-refractivity contribution is 0.515. The van der Waals surface area contributed by atoms with E-state index in [4.69, 9.17) is 5.32 Å². The van der Waals surface area contributed by atoms with E-state index in [-0.39, 0.29) is 0 Å². The van der Waals surface area contributed by atoms with Crippen molar-refractivity contribution >= 4 is 23.5 Å². The highest BCUT2D eigenvalue weighted by molar-refractivity contribution is 8.00. The van der Waals surface area contributed by atoms with Gasteiger partial charge in [0.1, 0.15) is 0 Å². The summed E-state index contributed by atoms with van der Waals surface area (Å²) < 4.78 is 0. The second-order valence-corrected chi connectivity index (χ2v) is 8.75. The van der Waals surface area contributed by atoms with Crippen molar-refractivity contribution in [3.8, 4) is 0 Å². The maximum absolute atomic E-state index is 4.70. The first-order valence-electron chi connectivity index (χ1n) is 8.31. The summed E-state index contributed by atoms with van der Waals surface area (Å²) in [4.78, 5) is 0. The fraction of sp³-hybridized carbons (Fsp3) is 1.00. The third-order valence-corrected chi connectivity index (χ3v) is 7.03. The van der Waals surface area contributed by atoms with Gasteiger partial charge in [-0.15, -0.1) is 0 Å². The van der Waals surface area contributed by atoms with Gasteiger partial charge in [-0.1, -0.05) is 38.5 Å². The molecule has 0 unspecified atom stereocenters. The van der Waals surface area contributed by atoms with E-state index in [9.17, 15) is 0 Å². The lowest BCUT2D eigenvalue weighted by atomic mass is 10.0. The van der Waals surface area contributed by atoms with Crippen molar-refractivity contribution in [1.29, 1.82) is 0 Å². The van der Waals surface area contributed by atoms with E-state index in [0.29, 0.717) is 0 Å². The summed E-state index contributed by atoms with van der Waals surface area (Å²) in [7, 11) is 0. The molecule has 0 amide bonds. The Balaban J connectivity index is 1.35. The fourth-order valence-corrected chi connectivity index (χ4v) is 5.61. The zero-order chi connectivity index (χ0) is 13.2. The van der Waals surface area contributed by atoms with Gasteiger partial charge in [0.05, 0.1) is 0 Å². The molecular weight excluding hydrogens is 270 g/mol. The van der Waals surface area contributed by atoms with E-state index in [1.165, 1.54) is 75.7 Å². The largest absolute Gasteiger partial charge is 0.240 e. The molecule has 2 fully saturated rings. The van der Waals surface area contributed by atoms with Crippen molar-refractivity contribution in [3.63, 3.8) is 0 Å². The smallest absolute Gasteiger partial charge is 0.0224 e. The lowest BCUT2D eigenvalue weighted by Gasteiger charge is -2.21. The predicted molar refractivity (Wildman–Crippen MR) is 90.5 cm³/mol. The maximum Gasteiger partial charge on any atom is 0.0224 e. The molecular formula is C16H30NS2. The molecule has 2 saturated carbocycles. The van der Waals surface area contributed by atoms with Gasteiger partial charge in [-0.05, 0) is 25.7 Å². The quantitative estimate of drug-likeness (QED) is 0.602. The summed E-state index contributed by atoms with van der Waals surface area (Å²) in [5.41, 5.74) is 0. The SMILES string of the molecule is C1CCC(SCC[N]CCSC2CCCCC2)CC1. The Labute approximate surface area is 128 Å². The second kappa shape index (κ2) is 10.4. The number of rotatable bonds is 8. The first-order valence-corrected chi connectivity index (χ1v) is 10.4. The fourth-order valence-electron chi connectivity index (χ4n) is 3.14. The van der Waals surface area contributed by atoms with Crippen LogP contribution in [-0.2, 0) is 0 Å². The van der Waals surface area contributed by atoms with Gasteiger partial charge in [-0.3, -0.25) is 0 Å². The molecule has 2 rings (SSSR count). The number of nitrogens with zero attached hydrogens (tertiary/aromatic N) is 1. The molecule has 1 radical (unpaired) electrons. The van der Waals surface area contributed by atoms with E-state index in [1.807, 2.05) is 0 Å². The van der Waals surface area contributed by atoms with Crippen LogP contribution < -0.4 is 5.32 Å². The van der Waals surface area contributed by atoms with Crippen LogP contribution in [0.4, 0.5) is 0 Å². The van der Waals surface area contributed by atoms with E-state index in [0.717, 1.165) is 23.6 Å². The Morgan fingerprint density at radius 3 is 1.47 bits per heavy atom. The highest BCUT2D eigenvalue weighted by Crippen LogP contribution is 2.28. The van der Waals surface area contributed by atoms with Gasteiger partial charge in [0.15, 0.2) is 0 Å². The van der Waals surface area contributed by atoms with Crippen LogP contribution >= 0.6 is 23.5 Å². The van der Waals surface area contributed by atoms with Gasteiger partial charge in [-0.2, -0.15) is 23.5 Å². The third-order valence-electron chi connectivity index (χ3n) is 4.31. The summed E-state index contributed by atoms with van der Waals surface area (Å²) in [5, 5.41) is 6.62. The molecule has 2 aliphatic carbocycles. The Morgan fingerprint density at radius 1 is 0.632 bits per heavy atom.